The van der Waals surface area contributed by atoms with E-state index in [4.69, 9.17) is 10.5 Å². The third kappa shape index (κ3) is 3.42. The fraction of sp³-hybridized carbons (Fsp3) is 0.500. The molecule has 115 valence electrons. The second-order valence-corrected chi connectivity index (χ2v) is 6.83. The predicted octanol–water partition coefficient (Wildman–Crippen LogP) is 0.450. The lowest BCUT2D eigenvalue weighted by atomic mass is 10.2. The van der Waals surface area contributed by atoms with Gasteiger partial charge in [-0.1, -0.05) is 6.07 Å². The van der Waals surface area contributed by atoms with E-state index in [0.717, 1.165) is 5.56 Å². The zero-order chi connectivity index (χ0) is 15.5. The van der Waals surface area contributed by atoms with Gasteiger partial charge in [0.15, 0.2) is 0 Å². The molecule has 0 saturated carbocycles. The van der Waals surface area contributed by atoms with Gasteiger partial charge in [0, 0.05) is 13.1 Å². The molecule has 6 nitrogen and oxygen atoms in total. The van der Waals surface area contributed by atoms with Crippen molar-refractivity contribution in [3.63, 3.8) is 0 Å². The molecule has 1 aromatic rings. The summed E-state index contributed by atoms with van der Waals surface area (Å²) >= 11 is 0. The van der Waals surface area contributed by atoms with Gasteiger partial charge in [0.1, 0.15) is 12.6 Å². The van der Waals surface area contributed by atoms with E-state index in [0.29, 0.717) is 19.4 Å². The number of ether oxygens (including phenoxy) is 1. The van der Waals surface area contributed by atoms with E-state index in [-0.39, 0.29) is 18.0 Å². The number of benzene rings is 1. The molecule has 1 saturated heterocycles. The molecule has 2 N–H and O–H groups in total. The minimum Gasteiger partial charge on any atom is -0.463 e. The maximum absolute atomic E-state index is 12.7. The Kier molecular flexibility index (Phi) is 4.97. The minimum atomic E-state index is -3.70. The quantitative estimate of drug-likeness (QED) is 0.798. The molecule has 0 amide bonds. The van der Waals surface area contributed by atoms with E-state index in [9.17, 15) is 13.2 Å². The number of aryl methyl sites for hydroxylation is 1. The number of sulfonamides is 1. The van der Waals surface area contributed by atoms with Crippen LogP contribution in [0.2, 0.25) is 0 Å². The van der Waals surface area contributed by atoms with Gasteiger partial charge < -0.3 is 10.5 Å². The van der Waals surface area contributed by atoms with Crippen molar-refractivity contribution in [1.82, 2.24) is 4.31 Å². The lowest BCUT2D eigenvalue weighted by Gasteiger charge is -2.22. The highest BCUT2D eigenvalue weighted by molar-refractivity contribution is 7.89. The summed E-state index contributed by atoms with van der Waals surface area (Å²) in [6, 6.07) is 6.76. The molecule has 1 atom stereocenters. The maximum Gasteiger partial charge on any atom is 0.324 e. The summed E-state index contributed by atoms with van der Waals surface area (Å²) in [5.74, 6) is -0.527. The first-order valence-electron chi connectivity index (χ1n) is 6.83. The molecule has 1 aromatic carbocycles. The van der Waals surface area contributed by atoms with Gasteiger partial charge in [-0.25, -0.2) is 8.42 Å². The maximum atomic E-state index is 12.7. The number of hydrogen-bond acceptors (Lipinski definition) is 5. The zero-order valence-electron chi connectivity index (χ0n) is 11.9. The third-order valence-corrected chi connectivity index (χ3v) is 5.27. The Balaban J connectivity index is 2.24. The van der Waals surface area contributed by atoms with E-state index in [1.165, 1.54) is 10.4 Å². The minimum absolute atomic E-state index is 0.0998. The van der Waals surface area contributed by atoms with Gasteiger partial charge in [0.25, 0.3) is 0 Å². The monoisotopic (exact) mass is 311 g/mol. The smallest absolute Gasteiger partial charge is 0.324 e. The Morgan fingerprint density at radius 1 is 1.57 bits per heavy atom. The van der Waals surface area contributed by atoms with E-state index in [1.807, 2.05) is 0 Å². The molecule has 7 heteroatoms. The molecule has 1 heterocycles. The number of rotatable bonds is 5. The van der Waals surface area contributed by atoms with Crippen molar-refractivity contribution >= 4 is 16.0 Å². The number of carbonyl (C=O) groups excluding carboxylic acids is 1. The highest BCUT2D eigenvalue weighted by Gasteiger charge is 2.40. The highest BCUT2D eigenvalue weighted by Crippen LogP contribution is 2.27. The van der Waals surface area contributed by atoms with Gasteiger partial charge in [-0.2, -0.15) is 4.31 Å². The lowest BCUT2D eigenvalue weighted by Crippen LogP contribution is -2.41. The van der Waals surface area contributed by atoms with Crippen molar-refractivity contribution in [2.75, 3.05) is 19.7 Å². The number of esters is 1. The number of nitrogens with zero attached hydrogens (tertiary/aromatic N) is 1. The van der Waals surface area contributed by atoms with Crippen LogP contribution in [0, 0.1) is 13.0 Å². The first kappa shape index (κ1) is 15.9. The van der Waals surface area contributed by atoms with Gasteiger partial charge in [-0.15, -0.1) is 0 Å². The van der Waals surface area contributed by atoms with Crippen molar-refractivity contribution in [1.29, 1.82) is 0 Å². The van der Waals surface area contributed by atoms with Crippen molar-refractivity contribution in [2.24, 2.45) is 5.73 Å². The van der Waals surface area contributed by atoms with E-state index in [2.05, 4.69) is 6.07 Å². The van der Waals surface area contributed by atoms with E-state index in [1.54, 1.807) is 19.1 Å². The standard InChI is InChI=1S/C14H19N2O4S/c1-11-4-2-5-12(10-11)21(18,19)16-8-3-6-13(16)14(17)20-9-7-15/h2,5,10,13H,3,6-9,15H2,1H3/t13-/m0/s1. The summed E-state index contributed by atoms with van der Waals surface area (Å²) in [6.45, 7) is 2.42. The Morgan fingerprint density at radius 2 is 2.33 bits per heavy atom. The molecule has 0 unspecified atom stereocenters. The largest absolute Gasteiger partial charge is 0.463 e. The molecule has 0 aromatic heterocycles. The molecule has 1 aliphatic rings. The van der Waals surface area contributed by atoms with Gasteiger partial charge in [0.05, 0.1) is 4.90 Å². The van der Waals surface area contributed by atoms with Crippen molar-refractivity contribution in [3.8, 4) is 0 Å². The molecule has 2 rings (SSSR count). The van der Waals surface area contributed by atoms with Crippen LogP contribution in [-0.4, -0.2) is 44.4 Å². The van der Waals surface area contributed by atoms with Crippen molar-refractivity contribution in [2.45, 2.75) is 30.7 Å². The summed E-state index contributed by atoms with van der Waals surface area (Å²) in [6.07, 6.45) is 1.11. The molecule has 1 aliphatic heterocycles. The van der Waals surface area contributed by atoms with Crippen LogP contribution >= 0.6 is 0 Å². The topological polar surface area (TPSA) is 89.7 Å². The molecular weight excluding hydrogens is 292 g/mol. The van der Waals surface area contributed by atoms with Crippen molar-refractivity contribution < 1.29 is 17.9 Å². The average molecular weight is 311 g/mol. The second kappa shape index (κ2) is 6.55. The van der Waals surface area contributed by atoms with Crippen molar-refractivity contribution in [3.05, 3.63) is 29.8 Å². The van der Waals surface area contributed by atoms with Gasteiger partial charge >= 0.3 is 5.97 Å². The number of carbonyl (C=O) groups is 1. The molecule has 0 bridgehead atoms. The second-order valence-electron chi connectivity index (χ2n) is 4.94. The molecule has 1 radical (unpaired) electrons. The van der Waals surface area contributed by atoms with Crippen LogP contribution < -0.4 is 5.73 Å². The Labute approximate surface area is 124 Å². The summed E-state index contributed by atoms with van der Waals surface area (Å²) in [5.41, 5.74) is 6.02. The van der Waals surface area contributed by atoms with E-state index >= 15 is 0 Å². The Morgan fingerprint density at radius 3 is 3.00 bits per heavy atom. The average Bonchev–Trinajstić information content (AvgIpc) is 2.95. The van der Waals surface area contributed by atoms with Crippen LogP contribution in [0.5, 0.6) is 0 Å². The molecule has 21 heavy (non-hydrogen) atoms. The summed E-state index contributed by atoms with van der Waals surface area (Å²) < 4.78 is 31.5. The van der Waals surface area contributed by atoms with Gasteiger partial charge in [-0.3, -0.25) is 4.79 Å². The fourth-order valence-corrected chi connectivity index (χ4v) is 4.11. The third-order valence-electron chi connectivity index (χ3n) is 3.36. The normalized spacial score (nSPS) is 19.6. The number of nitrogens with two attached hydrogens (primary N) is 1. The van der Waals surface area contributed by atoms with Gasteiger partial charge in [0.2, 0.25) is 10.0 Å². The molecule has 0 aliphatic carbocycles. The molecule has 0 spiro atoms. The fourth-order valence-electron chi connectivity index (χ4n) is 2.37. The predicted molar refractivity (Wildman–Crippen MR) is 76.9 cm³/mol. The summed E-state index contributed by atoms with van der Waals surface area (Å²) in [7, 11) is -3.70. The van der Waals surface area contributed by atoms with Crippen LogP contribution in [-0.2, 0) is 19.6 Å². The highest BCUT2D eigenvalue weighted by atomic mass is 32.2. The lowest BCUT2D eigenvalue weighted by molar-refractivity contribution is -0.147. The van der Waals surface area contributed by atoms with Crippen LogP contribution in [0.25, 0.3) is 0 Å². The van der Waals surface area contributed by atoms with Gasteiger partial charge in [-0.05, 0) is 43.5 Å². The molecule has 1 fully saturated rings. The Hall–Kier alpha value is -1.44. The first-order chi connectivity index (χ1) is 9.96. The van der Waals surface area contributed by atoms with Crippen LogP contribution in [0.3, 0.4) is 0 Å². The Bertz CT molecular complexity index is 615. The SMILES string of the molecule is Cc1[c]ccc(S(=O)(=O)N2CCC[C@H]2C(=O)OCCN)c1. The van der Waals surface area contributed by atoms with Crippen LogP contribution in [0.4, 0.5) is 0 Å². The summed E-state index contributed by atoms with van der Waals surface area (Å²) in [4.78, 5) is 12.1. The zero-order valence-corrected chi connectivity index (χ0v) is 12.7. The van der Waals surface area contributed by atoms with Crippen LogP contribution in [0.1, 0.15) is 18.4 Å². The van der Waals surface area contributed by atoms with Crippen LogP contribution in [0.15, 0.2) is 23.1 Å². The first-order valence-corrected chi connectivity index (χ1v) is 8.27. The number of hydrogen-bond donors (Lipinski definition) is 1. The molecular formula is C14H19N2O4S. The summed E-state index contributed by atoms with van der Waals surface area (Å²) in [5, 5.41) is 0. The van der Waals surface area contributed by atoms with E-state index < -0.39 is 22.0 Å².